The summed E-state index contributed by atoms with van der Waals surface area (Å²) >= 11 is 0. The van der Waals surface area contributed by atoms with Crippen LogP contribution < -0.4 is 10.1 Å². The molecule has 0 radical (unpaired) electrons. The fraction of sp³-hybridized carbons (Fsp3) is 0.318. The highest BCUT2D eigenvalue weighted by Crippen LogP contribution is 2.15. The highest BCUT2D eigenvalue weighted by atomic mass is 16.5. The molecule has 0 unspecified atom stereocenters. The summed E-state index contributed by atoms with van der Waals surface area (Å²) < 4.78 is 5.07. The van der Waals surface area contributed by atoms with Crippen LogP contribution in [0, 0.1) is 13.8 Å². The van der Waals surface area contributed by atoms with Crippen molar-refractivity contribution in [2.24, 2.45) is 0 Å². The molecular weight excluding hydrogens is 356 g/mol. The van der Waals surface area contributed by atoms with E-state index >= 15 is 0 Å². The first-order chi connectivity index (χ1) is 13.3. The van der Waals surface area contributed by atoms with Gasteiger partial charge >= 0.3 is 0 Å². The van der Waals surface area contributed by atoms with Crippen molar-refractivity contribution in [3.63, 3.8) is 0 Å². The van der Waals surface area contributed by atoms with E-state index in [1.807, 2.05) is 26.0 Å². The Bertz CT molecular complexity index is 859. The van der Waals surface area contributed by atoms with Crippen LogP contribution in [0.2, 0.25) is 0 Å². The number of likely N-dealkylation sites (N-methyl/N-ethyl adjacent to an activating group) is 1. The molecule has 2 rings (SSSR count). The average molecular weight is 382 g/mol. The number of benzene rings is 2. The van der Waals surface area contributed by atoms with Gasteiger partial charge in [-0.15, -0.1) is 0 Å². The highest BCUT2D eigenvalue weighted by Gasteiger charge is 2.16. The van der Waals surface area contributed by atoms with E-state index in [2.05, 4.69) is 5.32 Å². The summed E-state index contributed by atoms with van der Waals surface area (Å²) in [4.78, 5) is 38.0. The second-order valence-corrected chi connectivity index (χ2v) is 6.75. The second kappa shape index (κ2) is 9.69. The molecule has 0 fully saturated rings. The Labute approximate surface area is 165 Å². The summed E-state index contributed by atoms with van der Waals surface area (Å²) in [5.41, 5.74) is 3.40. The molecule has 6 nitrogen and oxygen atoms in total. The number of carbonyl (C=O) groups is 3. The van der Waals surface area contributed by atoms with Crippen molar-refractivity contribution in [3.8, 4) is 5.75 Å². The highest BCUT2D eigenvalue weighted by molar-refractivity contribution is 5.99. The molecule has 0 saturated carbocycles. The van der Waals surface area contributed by atoms with Crippen LogP contribution in [0.5, 0.6) is 5.75 Å². The second-order valence-electron chi connectivity index (χ2n) is 6.75. The number of methoxy groups -OCH3 is 1. The van der Waals surface area contributed by atoms with E-state index in [1.54, 1.807) is 44.5 Å². The number of aryl methyl sites for hydroxylation is 2. The molecule has 0 heterocycles. The number of ketones is 1. The molecule has 0 spiro atoms. The molecule has 0 atom stereocenters. The molecule has 2 aromatic carbocycles. The molecule has 2 aromatic rings. The molecular formula is C22H26N2O4. The van der Waals surface area contributed by atoms with Crippen LogP contribution in [0.4, 0.5) is 5.69 Å². The third-order valence-corrected chi connectivity index (χ3v) is 4.58. The normalized spacial score (nSPS) is 10.3. The number of nitrogens with one attached hydrogen (secondary N) is 1. The lowest BCUT2D eigenvalue weighted by Gasteiger charge is -2.17. The summed E-state index contributed by atoms with van der Waals surface area (Å²) in [5, 5.41) is 2.73. The van der Waals surface area contributed by atoms with Crippen LogP contribution in [0.3, 0.4) is 0 Å². The smallest absolute Gasteiger partial charge is 0.243 e. The summed E-state index contributed by atoms with van der Waals surface area (Å²) in [6.07, 6.45) is 0.184. The number of rotatable bonds is 8. The quantitative estimate of drug-likeness (QED) is 0.710. The van der Waals surface area contributed by atoms with Crippen molar-refractivity contribution < 1.29 is 19.1 Å². The van der Waals surface area contributed by atoms with E-state index in [1.165, 1.54) is 4.90 Å². The van der Waals surface area contributed by atoms with Crippen molar-refractivity contribution in [3.05, 3.63) is 59.2 Å². The summed E-state index contributed by atoms with van der Waals surface area (Å²) in [6.45, 7) is 3.86. The maximum Gasteiger partial charge on any atom is 0.243 e. The van der Waals surface area contributed by atoms with E-state index in [9.17, 15) is 14.4 Å². The standard InChI is InChI=1S/C22H26N2O4/c1-15-5-6-17(13-16(15)2)20(25)11-12-22(27)24(3)14-21(26)23-18-7-9-19(28-4)10-8-18/h5-10,13H,11-12,14H2,1-4H3,(H,23,26). The minimum Gasteiger partial charge on any atom is -0.497 e. The lowest BCUT2D eigenvalue weighted by atomic mass is 10.0. The van der Waals surface area contributed by atoms with Gasteiger partial charge in [0, 0.05) is 31.1 Å². The van der Waals surface area contributed by atoms with E-state index in [0.29, 0.717) is 17.0 Å². The van der Waals surface area contributed by atoms with E-state index in [4.69, 9.17) is 4.74 Å². The molecule has 0 aliphatic carbocycles. The summed E-state index contributed by atoms with van der Waals surface area (Å²) in [7, 11) is 3.12. The average Bonchev–Trinajstić information content (AvgIpc) is 2.68. The first kappa shape index (κ1) is 21.2. The molecule has 1 N–H and O–H groups in total. The third-order valence-electron chi connectivity index (χ3n) is 4.58. The Kier molecular flexibility index (Phi) is 7.32. The molecule has 2 amide bonds. The van der Waals surface area contributed by atoms with Gasteiger partial charge in [-0.05, 0) is 55.3 Å². The zero-order valence-corrected chi connectivity index (χ0v) is 16.7. The topological polar surface area (TPSA) is 75.7 Å². The van der Waals surface area contributed by atoms with Gasteiger partial charge in [-0.3, -0.25) is 14.4 Å². The Balaban J connectivity index is 1.81. The van der Waals surface area contributed by atoms with Gasteiger partial charge in [0.15, 0.2) is 5.78 Å². The predicted molar refractivity (Wildman–Crippen MR) is 109 cm³/mol. The number of amides is 2. The van der Waals surface area contributed by atoms with Crippen LogP contribution in [0.1, 0.15) is 34.3 Å². The number of anilines is 1. The Morgan fingerprint density at radius 3 is 2.25 bits per heavy atom. The van der Waals surface area contributed by atoms with Crippen molar-refractivity contribution in [1.29, 1.82) is 0 Å². The lowest BCUT2D eigenvalue weighted by Crippen LogP contribution is -2.35. The zero-order chi connectivity index (χ0) is 20.7. The Morgan fingerprint density at radius 2 is 1.64 bits per heavy atom. The maximum absolute atomic E-state index is 12.3. The van der Waals surface area contributed by atoms with Gasteiger partial charge in [-0.1, -0.05) is 12.1 Å². The number of carbonyl (C=O) groups excluding carboxylic acids is 3. The van der Waals surface area contributed by atoms with Gasteiger partial charge < -0.3 is 15.0 Å². The van der Waals surface area contributed by atoms with Crippen LogP contribution in [-0.4, -0.2) is 43.2 Å². The summed E-state index contributed by atoms with van der Waals surface area (Å²) in [5.74, 6) is 0.0647. The van der Waals surface area contributed by atoms with Crippen LogP contribution in [-0.2, 0) is 9.59 Å². The molecule has 0 saturated heterocycles. The van der Waals surface area contributed by atoms with Crippen molar-refractivity contribution in [2.45, 2.75) is 26.7 Å². The van der Waals surface area contributed by atoms with E-state index in [0.717, 1.165) is 11.1 Å². The lowest BCUT2D eigenvalue weighted by molar-refractivity contribution is -0.133. The zero-order valence-electron chi connectivity index (χ0n) is 16.7. The number of hydrogen-bond donors (Lipinski definition) is 1. The largest absolute Gasteiger partial charge is 0.497 e. The molecule has 0 aromatic heterocycles. The monoisotopic (exact) mass is 382 g/mol. The molecule has 148 valence electrons. The number of Topliss-reactive ketones (excluding diaryl/α,β-unsaturated/α-hetero) is 1. The predicted octanol–water partition coefficient (Wildman–Crippen LogP) is 3.37. The first-order valence-electron chi connectivity index (χ1n) is 9.08. The van der Waals surface area contributed by atoms with Crippen LogP contribution in [0.15, 0.2) is 42.5 Å². The van der Waals surface area contributed by atoms with Crippen molar-refractivity contribution >= 4 is 23.3 Å². The minimum absolute atomic E-state index is 0.0675. The molecule has 0 bridgehead atoms. The van der Waals surface area contributed by atoms with Crippen LogP contribution in [0.25, 0.3) is 0 Å². The van der Waals surface area contributed by atoms with Crippen molar-refractivity contribution in [2.75, 3.05) is 26.0 Å². The Morgan fingerprint density at radius 1 is 0.964 bits per heavy atom. The van der Waals surface area contributed by atoms with Gasteiger partial charge in [0.25, 0.3) is 0 Å². The van der Waals surface area contributed by atoms with Gasteiger partial charge in [-0.2, -0.15) is 0 Å². The number of hydrogen-bond acceptors (Lipinski definition) is 4. The molecule has 28 heavy (non-hydrogen) atoms. The molecule has 6 heteroatoms. The molecule has 0 aliphatic rings. The summed E-state index contributed by atoms with van der Waals surface area (Å²) in [6, 6.07) is 12.4. The van der Waals surface area contributed by atoms with Crippen molar-refractivity contribution in [1.82, 2.24) is 4.90 Å². The van der Waals surface area contributed by atoms with Gasteiger partial charge in [0.1, 0.15) is 5.75 Å². The molecule has 0 aliphatic heterocycles. The van der Waals surface area contributed by atoms with Crippen LogP contribution >= 0.6 is 0 Å². The van der Waals surface area contributed by atoms with Gasteiger partial charge in [0.05, 0.1) is 13.7 Å². The van der Waals surface area contributed by atoms with E-state index in [-0.39, 0.29) is 37.0 Å². The first-order valence-corrected chi connectivity index (χ1v) is 9.08. The SMILES string of the molecule is COc1ccc(NC(=O)CN(C)C(=O)CCC(=O)c2ccc(C)c(C)c2)cc1. The fourth-order valence-electron chi connectivity index (χ4n) is 2.65. The number of ether oxygens (including phenoxy) is 1. The Hall–Kier alpha value is -3.15. The van der Waals surface area contributed by atoms with Gasteiger partial charge in [-0.25, -0.2) is 0 Å². The third kappa shape index (κ3) is 5.94. The fourth-order valence-corrected chi connectivity index (χ4v) is 2.65. The van der Waals surface area contributed by atoms with Gasteiger partial charge in [0.2, 0.25) is 11.8 Å². The number of nitrogens with zero attached hydrogens (tertiary/aromatic N) is 1. The maximum atomic E-state index is 12.3. The minimum atomic E-state index is -0.304. The van der Waals surface area contributed by atoms with E-state index < -0.39 is 0 Å².